The van der Waals surface area contributed by atoms with Gasteiger partial charge in [-0.2, -0.15) is 0 Å². The van der Waals surface area contributed by atoms with Crippen molar-refractivity contribution in [3.8, 4) is 0 Å². The summed E-state index contributed by atoms with van der Waals surface area (Å²) in [5.41, 5.74) is 0. The molecule has 2 nitrogen and oxygen atoms in total. The number of carbonyl (C=O) groups excluding carboxylic acids is 1. The molecule has 0 heterocycles. The maximum Gasteiger partial charge on any atom is 0.309 e. The maximum atomic E-state index is 11.8. The second-order valence-electron chi connectivity index (χ2n) is 4.10. The zero-order valence-corrected chi connectivity index (χ0v) is 11.2. The third-order valence-electron chi connectivity index (χ3n) is 2.88. The first-order valence-corrected chi connectivity index (χ1v) is 6.50. The molecule has 0 aromatic carbocycles. The van der Waals surface area contributed by atoms with E-state index in [-0.39, 0.29) is 11.9 Å². The highest BCUT2D eigenvalue weighted by Crippen LogP contribution is 2.24. The van der Waals surface area contributed by atoms with Gasteiger partial charge in [-0.25, -0.2) is 0 Å². The Balaban J connectivity index is 4.49. The van der Waals surface area contributed by atoms with Crippen molar-refractivity contribution in [2.24, 2.45) is 11.8 Å². The summed E-state index contributed by atoms with van der Waals surface area (Å²) in [4.78, 5) is 11.8. The molecule has 0 fully saturated rings. The molecule has 0 aliphatic rings. The van der Waals surface area contributed by atoms with E-state index in [2.05, 4.69) is 19.9 Å². The number of hydrogen-bond acceptors (Lipinski definition) is 2. The lowest BCUT2D eigenvalue weighted by molar-refractivity contribution is -0.149. The molecule has 0 aromatic rings. The molecule has 16 heavy (non-hydrogen) atoms. The van der Waals surface area contributed by atoms with Crippen molar-refractivity contribution in [1.29, 1.82) is 0 Å². The number of allylic oxidation sites excluding steroid dienone is 2. The van der Waals surface area contributed by atoms with E-state index in [4.69, 9.17) is 4.74 Å². The van der Waals surface area contributed by atoms with Gasteiger partial charge in [0, 0.05) is 0 Å². The SMILES string of the molecule is C/C=C/[C@H](CCCC)[C@@H](CC)C(=O)OCC. The van der Waals surface area contributed by atoms with Crippen LogP contribution in [-0.2, 0) is 9.53 Å². The minimum Gasteiger partial charge on any atom is -0.466 e. The van der Waals surface area contributed by atoms with Crippen molar-refractivity contribution in [3.05, 3.63) is 12.2 Å². The zero-order valence-electron chi connectivity index (χ0n) is 11.2. The molecule has 0 saturated heterocycles. The second-order valence-corrected chi connectivity index (χ2v) is 4.10. The normalized spacial score (nSPS) is 15.0. The standard InChI is InChI=1S/C14H26O2/c1-5-9-11-12(10-6-2)13(7-3)14(15)16-8-4/h6,10,12-13H,5,7-9,11H2,1-4H3/b10-6+/t12-,13-/m1/s1. The summed E-state index contributed by atoms with van der Waals surface area (Å²) in [5, 5.41) is 0. The van der Waals surface area contributed by atoms with Crippen LogP contribution in [0.15, 0.2) is 12.2 Å². The Morgan fingerprint density at radius 1 is 1.31 bits per heavy atom. The van der Waals surface area contributed by atoms with Crippen LogP contribution in [0.25, 0.3) is 0 Å². The van der Waals surface area contributed by atoms with Gasteiger partial charge in [0.2, 0.25) is 0 Å². The van der Waals surface area contributed by atoms with Crippen LogP contribution in [0.2, 0.25) is 0 Å². The van der Waals surface area contributed by atoms with E-state index in [9.17, 15) is 4.79 Å². The summed E-state index contributed by atoms with van der Waals surface area (Å²) in [6, 6.07) is 0. The summed E-state index contributed by atoms with van der Waals surface area (Å²) < 4.78 is 5.13. The third kappa shape index (κ3) is 5.34. The molecule has 0 amide bonds. The van der Waals surface area contributed by atoms with Crippen molar-refractivity contribution in [1.82, 2.24) is 0 Å². The first-order valence-electron chi connectivity index (χ1n) is 6.50. The lowest BCUT2D eigenvalue weighted by Gasteiger charge is -2.21. The Morgan fingerprint density at radius 2 is 2.00 bits per heavy atom. The number of carbonyl (C=O) groups is 1. The largest absolute Gasteiger partial charge is 0.466 e. The fraction of sp³-hybridized carbons (Fsp3) is 0.786. The Hall–Kier alpha value is -0.790. The van der Waals surface area contributed by atoms with Gasteiger partial charge in [0.25, 0.3) is 0 Å². The Kier molecular flexibility index (Phi) is 8.97. The Bertz CT molecular complexity index is 209. The van der Waals surface area contributed by atoms with Crippen LogP contribution in [-0.4, -0.2) is 12.6 Å². The monoisotopic (exact) mass is 226 g/mol. The number of unbranched alkanes of at least 4 members (excludes halogenated alkanes) is 1. The molecular weight excluding hydrogens is 200 g/mol. The number of rotatable bonds is 8. The molecule has 0 radical (unpaired) electrons. The van der Waals surface area contributed by atoms with E-state index in [1.54, 1.807) is 0 Å². The summed E-state index contributed by atoms with van der Waals surface area (Å²) >= 11 is 0. The lowest BCUT2D eigenvalue weighted by Crippen LogP contribution is -2.24. The van der Waals surface area contributed by atoms with Gasteiger partial charge in [-0.1, -0.05) is 38.8 Å². The molecule has 0 N–H and O–H groups in total. The van der Waals surface area contributed by atoms with E-state index in [1.807, 2.05) is 19.9 Å². The second kappa shape index (κ2) is 9.44. The van der Waals surface area contributed by atoms with Crippen LogP contribution in [0.4, 0.5) is 0 Å². The molecule has 0 aliphatic carbocycles. The molecular formula is C14H26O2. The quantitative estimate of drug-likeness (QED) is 0.462. The fourth-order valence-electron chi connectivity index (χ4n) is 2.01. The third-order valence-corrected chi connectivity index (χ3v) is 2.88. The minimum absolute atomic E-state index is 0.0303. The molecule has 0 aliphatic heterocycles. The van der Waals surface area contributed by atoms with E-state index < -0.39 is 0 Å². The molecule has 0 aromatic heterocycles. The van der Waals surface area contributed by atoms with Crippen LogP contribution in [0.1, 0.15) is 53.4 Å². The highest BCUT2D eigenvalue weighted by atomic mass is 16.5. The minimum atomic E-state index is -0.0378. The molecule has 2 atom stereocenters. The maximum absolute atomic E-state index is 11.8. The highest BCUT2D eigenvalue weighted by Gasteiger charge is 2.25. The van der Waals surface area contributed by atoms with Gasteiger partial charge in [-0.05, 0) is 32.6 Å². The fourth-order valence-corrected chi connectivity index (χ4v) is 2.01. The average Bonchev–Trinajstić information content (AvgIpc) is 2.27. The lowest BCUT2D eigenvalue weighted by atomic mass is 9.85. The summed E-state index contributed by atoms with van der Waals surface area (Å²) in [6.07, 6.45) is 8.48. The molecule has 0 bridgehead atoms. The first-order chi connectivity index (χ1) is 7.71. The van der Waals surface area contributed by atoms with Gasteiger partial charge in [-0.3, -0.25) is 4.79 Å². The van der Waals surface area contributed by atoms with E-state index in [1.165, 1.54) is 12.8 Å². The topological polar surface area (TPSA) is 26.3 Å². The van der Waals surface area contributed by atoms with E-state index >= 15 is 0 Å². The van der Waals surface area contributed by atoms with Crippen LogP contribution in [0, 0.1) is 11.8 Å². The van der Waals surface area contributed by atoms with Crippen LogP contribution in [0.3, 0.4) is 0 Å². The van der Waals surface area contributed by atoms with Crippen LogP contribution >= 0.6 is 0 Å². The predicted octanol–water partition coefficient (Wildman–Crippen LogP) is 3.96. The van der Waals surface area contributed by atoms with Crippen molar-refractivity contribution < 1.29 is 9.53 Å². The van der Waals surface area contributed by atoms with Gasteiger partial charge < -0.3 is 4.74 Å². The number of esters is 1. The van der Waals surface area contributed by atoms with Crippen molar-refractivity contribution in [3.63, 3.8) is 0 Å². The number of hydrogen-bond donors (Lipinski definition) is 0. The van der Waals surface area contributed by atoms with E-state index in [0.717, 1.165) is 12.8 Å². The molecule has 0 spiro atoms. The highest BCUT2D eigenvalue weighted by molar-refractivity contribution is 5.73. The zero-order chi connectivity index (χ0) is 12.4. The predicted molar refractivity (Wildman–Crippen MR) is 68.2 cm³/mol. The van der Waals surface area contributed by atoms with Crippen molar-refractivity contribution >= 4 is 5.97 Å². The van der Waals surface area contributed by atoms with Gasteiger partial charge >= 0.3 is 5.97 Å². The van der Waals surface area contributed by atoms with Gasteiger partial charge in [0.1, 0.15) is 0 Å². The Morgan fingerprint density at radius 3 is 2.44 bits per heavy atom. The molecule has 0 saturated carbocycles. The summed E-state index contributed by atoms with van der Waals surface area (Å²) in [5.74, 6) is 0.334. The number of ether oxygens (including phenoxy) is 1. The molecule has 2 heteroatoms. The summed E-state index contributed by atoms with van der Waals surface area (Å²) in [6.45, 7) is 8.59. The van der Waals surface area contributed by atoms with Gasteiger partial charge in [0.15, 0.2) is 0 Å². The molecule has 0 unspecified atom stereocenters. The average molecular weight is 226 g/mol. The summed E-state index contributed by atoms with van der Waals surface area (Å²) in [7, 11) is 0. The van der Waals surface area contributed by atoms with Crippen LogP contribution < -0.4 is 0 Å². The van der Waals surface area contributed by atoms with Gasteiger partial charge in [-0.15, -0.1) is 0 Å². The van der Waals surface area contributed by atoms with Crippen molar-refractivity contribution in [2.75, 3.05) is 6.61 Å². The first kappa shape index (κ1) is 15.2. The molecule has 94 valence electrons. The van der Waals surface area contributed by atoms with E-state index in [0.29, 0.717) is 12.5 Å². The molecule has 0 rings (SSSR count). The smallest absolute Gasteiger partial charge is 0.309 e. The van der Waals surface area contributed by atoms with Gasteiger partial charge in [0.05, 0.1) is 12.5 Å². The Labute approximate surface area is 100 Å². The van der Waals surface area contributed by atoms with Crippen LogP contribution in [0.5, 0.6) is 0 Å². The van der Waals surface area contributed by atoms with Crippen molar-refractivity contribution in [2.45, 2.75) is 53.4 Å².